The Morgan fingerprint density at radius 1 is 1.21 bits per heavy atom. The van der Waals surface area contributed by atoms with Crippen LogP contribution in [0.25, 0.3) is 0 Å². The van der Waals surface area contributed by atoms with Crippen molar-refractivity contribution in [2.24, 2.45) is 0 Å². The standard InChI is InChI=1S/C16H23N7O/c1-16(2,15-21-20-12-7-5-6-8-23(12)15)19-14(24)11-9-18-13(10-17-11)22(3)4/h9-10H,5-8H2,1-4H3,(H,19,24). The van der Waals surface area contributed by atoms with Crippen molar-refractivity contribution in [3.8, 4) is 0 Å². The molecule has 0 saturated heterocycles. The number of amides is 1. The van der Waals surface area contributed by atoms with Crippen LogP contribution in [0.5, 0.6) is 0 Å². The number of nitrogens with one attached hydrogen (secondary N) is 1. The highest BCUT2D eigenvalue weighted by Gasteiger charge is 2.31. The van der Waals surface area contributed by atoms with Crippen LogP contribution in [-0.2, 0) is 18.5 Å². The van der Waals surface area contributed by atoms with Gasteiger partial charge in [0.05, 0.1) is 17.9 Å². The summed E-state index contributed by atoms with van der Waals surface area (Å²) in [5, 5.41) is 11.6. The summed E-state index contributed by atoms with van der Waals surface area (Å²) >= 11 is 0. The number of carbonyl (C=O) groups excluding carboxylic acids is 1. The molecule has 0 aromatic carbocycles. The molecule has 1 aliphatic rings. The zero-order valence-electron chi connectivity index (χ0n) is 14.6. The number of hydrogen-bond donors (Lipinski definition) is 1. The van der Waals surface area contributed by atoms with Crippen molar-refractivity contribution in [1.82, 2.24) is 30.0 Å². The Balaban J connectivity index is 1.78. The SMILES string of the molecule is CN(C)c1cnc(C(=O)NC(C)(C)c2nnc3n2CCCC3)cn1. The average molecular weight is 329 g/mol. The van der Waals surface area contributed by atoms with Gasteiger partial charge in [0, 0.05) is 27.1 Å². The third-order valence-electron chi connectivity index (χ3n) is 4.17. The van der Waals surface area contributed by atoms with Crippen LogP contribution in [0, 0.1) is 0 Å². The van der Waals surface area contributed by atoms with Crippen LogP contribution in [0.4, 0.5) is 5.82 Å². The fourth-order valence-corrected chi connectivity index (χ4v) is 2.84. The molecule has 0 radical (unpaired) electrons. The van der Waals surface area contributed by atoms with Gasteiger partial charge in [0.15, 0.2) is 5.82 Å². The fourth-order valence-electron chi connectivity index (χ4n) is 2.84. The molecule has 2 aromatic rings. The lowest BCUT2D eigenvalue weighted by Gasteiger charge is -2.27. The summed E-state index contributed by atoms with van der Waals surface area (Å²) in [6, 6.07) is 0. The molecule has 8 nitrogen and oxygen atoms in total. The van der Waals surface area contributed by atoms with E-state index in [1.165, 1.54) is 6.20 Å². The first kappa shape index (κ1) is 16.4. The predicted molar refractivity (Wildman–Crippen MR) is 89.8 cm³/mol. The van der Waals surface area contributed by atoms with Gasteiger partial charge in [-0.2, -0.15) is 0 Å². The first-order valence-corrected chi connectivity index (χ1v) is 8.13. The van der Waals surface area contributed by atoms with Gasteiger partial charge in [0.2, 0.25) is 0 Å². The lowest BCUT2D eigenvalue weighted by atomic mass is 10.0. The Hall–Kier alpha value is -2.51. The number of aryl methyl sites for hydroxylation is 1. The monoisotopic (exact) mass is 329 g/mol. The van der Waals surface area contributed by atoms with E-state index in [0.717, 1.165) is 37.5 Å². The summed E-state index contributed by atoms with van der Waals surface area (Å²) < 4.78 is 2.12. The molecule has 0 fully saturated rings. The van der Waals surface area contributed by atoms with Crippen molar-refractivity contribution >= 4 is 11.7 Å². The molecule has 1 amide bonds. The van der Waals surface area contributed by atoms with Crippen LogP contribution in [0.2, 0.25) is 0 Å². The van der Waals surface area contributed by atoms with Gasteiger partial charge in [-0.05, 0) is 26.7 Å². The van der Waals surface area contributed by atoms with Gasteiger partial charge >= 0.3 is 0 Å². The van der Waals surface area contributed by atoms with Crippen molar-refractivity contribution in [2.45, 2.75) is 45.2 Å². The highest BCUT2D eigenvalue weighted by Crippen LogP contribution is 2.23. The quantitative estimate of drug-likeness (QED) is 0.905. The Morgan fingerprint density at radius 2 is 2.00 bits per heavy atom. The minimum atomic E-state index is -0.637. The van der Waals surface area contributed by atoms with Crippen LogP contribution in [-0.4, -0.2) is 44.7 Å². The second kappa shape index (κ2) is 6.18. The Kier molecular flexibility index (Phi) is 4.21. The minimum Gasteiger partial charge on any atom is -0.361 e. The number of hydrogen-bond acceptors (Lipinski definition) is 6. The van der Waals surface area contributed by atoms with Gasteiger partial charge in [-0.1, -0.05) is 0 Å². The topological polar surface area (TPSA) is 88.8 Å². The maximum atomic E-state index is 12.5. The molecule has 24 heavy (non-hydrogen) atoms. The van der Waals surface area contributed by atoms with E-state index in [0.29, 0.717) is 5.82 Å². The van der Waals surface area contributed by atoms with E-state index in [1.54, 1.807) is 6.20 Å². The van der Waals surface area contributed by atoms with Crippen LogP contribution in [0.1, 0.15) is 48.8 Å². The van der Waals surface area contributed by atoms with Crippen molar-refractivity contribution < 1.29 is 4.79 Å². The van der Waals surface area contributed by atoms with E-state index in [2.05, 4.69) is 30.0 Å². The number of aromatic nitrogens is 5. The highest BCUT2D eigenvalue weighted by atomic mass is 16.2. The maximum Gasteiger partial charge on any atom is 0.272 e. The summed E-state index contributed by atoms with van der Waals surface area (Å²) in [6.07, 6.45) is 6.26. The molecular weight excluding hydrogens is 306 g/mol. The van der Waals surface area contributed by atoms with E-state index in [4.69, 9.17) is 0 Å². The van der Waals surface area contributed by atoms with Crippen molar-refractivity contribution in [1.29, 1.82) is 0 Å². The fraction of sp³-hybridized carbons (Fsp3) is 0.562. The molecule has 1 N–H and O–H groups in total. The normalized spacial score (nSPS) is 14.2. The number of anilines is 1. The molecule has 3 heterocycles. The van der Waals surface area contributed by atoms with Gasteiger partial charge in [-0.3, -0.25) is 4.79 Å². The Bertz CT molecular complexity index is 733. The first-order chi connectivity index (χ1) is 11.4. The van der Waals surface area contributed by atoms with Crippen LogP contribution in [0.3, 0.4) is 0 Å². The highest BCUT2D eigenvalue weighted by molar-refractivity contribution is 5.92. The molecule has 0 aliphatic carbocycles. The summed E-state index contributed by atoms with van der Waals surface area (Å²) in [7, 11) is 3.75. The third kappa shape index (κ3) is 3.08. The van der Waals surface area contributed by atoms with E-state index in [1.807, 2.05) is 32.8 Å². The van der Waals surface area contributed by atoms with E-state index >= 15 is 0 Å². The molecular formula is C16H23N7O. The molecule has 8 heteroatoms. The van der Waals surface area contributed by atoms with Gasteiger partial charge in [0.25, 0.3) is 5.91 Å². The molecule has 0 spiro atoms. The van der Waals surface area contributed by atoms with Gasteiger partial charge in [0.1, 0.15) is 17.3 Å². The van der Waals surface area contributed by atoms with Gasteiger partial charge in [-0.25, -0.2) is 9.97 Å². The molecule has 128 valence electrons. The van der Waals surface area contributed by atoms with Crippen LogP contribution in [0.15, 0.2) is 12.4 Å². The largest absolute Gasteiger partial charge is 0.361 e. The number of carbonyl (C=O) groups is 1. The van der Waals surface area contributed by atoms with Crippen LogP contribution >= 0.6 is 0 Å². The van der Waals surface area contributed by atoms with Crippen molar-refractivity contribution in [3.05, 3.63) is 29.7 Å². The first-order valence-electron chi connectivity index (χ1n) is 8.13. The lowest BCUT2D eigenvalue weighted by Crippen LogP contribution is -2.43. The summed E-state index contributed by atoms with van der Waals surface area (Å²) in [5.41, 5.74) is -0.353. The molecule has 0 unspecified atom stereocenters. The van der Waals surface area contributed by atoms with Crippen LogP contribution < -0.4 is 10.2 Å². The summed E-state index contributed by atoms with van der Waals surface area (Å²) in [6.45, 7) is 4.76. The zero-order valence-corrected chi connectivity index (χ0v) is 14.6. The second-order valence-corrected chi connectivity index (χ2v) is 6.78. The number of fused-ring (bicyclic) bond motifs is 1. The van der Waals surface area contributed by atoms with Crippen molar-refractivity contribution in [3.63, 3.8) is 0 Å². The molecule has 0 atom stereocenters. The molecule has 3 rings (SSSR count). The lowest BCUT2D eigenvalue weighted by molar-refractivity contribution is 0.0900. The number of rotatable bonds is 4. The van der Waals surface area contributed by atoms with E-state index in [9.17, 15) is 4.79 Å². The Labute approximate surface area is 141 Å². The molecule has 0 bridgehead atoms. The molecule has 0 saturated carbocycles. The predicted octanol–water partition coefficient (Wildman–Crippen LogP) is 1.14. The Morgan fingerprint density at radius 3 is 2.67 bits per heavy atom. The van der Waals surface area contributed by atoms with Gasteiger partial charge < -0.3 is 14.8 Å². The minimum absolute atomic E-state index is 0.272. The zero-order chi connectivity index (χ0) is 17.3. The average Bonchev–Trinajstić information content (AvgIpc) is 2.99. The number of nitrogens with zero attached hydrogens (tertiary/aromatic N) is 6. The van der Waals surface area contributed by atoms with E-state index < -0.39 is 5.54 Å². The van der Waals surface area contributed by atoms with Crippen molar-refractivity contribution in [2.75, 3.05) is 19.0 Å². The maximum absolute atomic E-state index is 12.5. The van der Waals surface area contributed by atoms with E-state index in [-0.39, 0.29) is 11.6 Å². The smallest absolute Gasteiger partial charge is 0.272 e. The third-order valence-corrected chi connectivity index (χ3v) is 4.17. The molecule has 2 aromatic heterocycles. The summed E-state index contributed by atoms with van der Waals surface area (Å²) in [5.74, 6) is 2.21. The van der Waals surface area contributed by atoms with Gasteiger partial charge in [-0.15, -0.1) is 10.2 Å². The molecule has 1 aliphatic heterocycles. The summed E-state index contributed by atoms with van der Waals surface area (Å²) in [4.78, 5) is 22.8. The second-order valence-electron chi connectivity index (χ2n) is 6.78.